The van der Waals surface area contributed by atoms with Gasteiger partial charge in [0.25, 0.3) is 0 Å². The van der Waals surface area contributed by atoms with Gasteiger partial charge in [0.2, 0.25) is 0 Å². The molecule has 19 heavy (non-hydrogen) atoms. The Hall–Kier alpha value is -1.89. The van der Waals surface area contributed by atoms with Crippen LogP contribution in [0.5, 0.6) is 0 Å². The molecule has 1 aromatic carbocycles. The normalized spacial score (nSPS) is 17.4. The lowest BCUT2D eigenvalue weighted by Crippen LogP contribution is -2.08. The van der Waals surface area contributed by atoms with E-state index in [-0.39, 0.29) is 5.41 Å². The summed E-state index contributed by atoms with van der Waals surface area (Å²) in [6.45, 7) is 6.48. The topological polar surface area (TPSA) is 23.9 Å². The fraction of sp³-hybridized carbons (Fsp3) is 0.278. The van der Waals surface area contributed by atoms with Crippen molar-refractivity contribution in [2.24, 2.45) is 5.41 Å². The van der Waals surface area contributed by atoms with E-state index in [1.54, 1.807) is 0 Å². The monoisotopic (exact) mass is 251 g/mol. The van der Waals surface area contributed by atoms with Gasteiger partial charge in [0.1, 0.15) is 0 Å². The largest absolute Gasteiger partial charge is 0.300 e. The van der Waals surface area contributed by atoms with Gasteiger partial charge in [-0.3, -0.25) is 0 Å². The fourth-order valence-electron chi connectivity index (χ4n) is 2.26. The van der Waals surface area contributed by atoms with Crippen molar-refractivity contribution in [1.29, 1.82) is 5.41 Å². The van der Waals surface area contributed by atoms with Crippen LogP contribution in [0.15, 0.2) is 65.8 Å². The van der Waals surface area contributed by atoms with Gasteiger partial charge in [0, 0.05) is 5.41 Å². The zero-order chi connectivity index (χ0) is 13.9. The average Bonchev–Trinajstić information content (AvgIpc) is 2.75. The Morgan fingerprint density at radius 1 is 1.21 bits per heavy atom. The molecule has 1 heteroatoms. The van der Waals surface area contributed by atoms with Crippen LogP contribution in [-0.2, 0) is 0 Å². The fourth-order valence-corrected chi connectivity index (χ4v) is 2.26. The van der Waals surface area contributed by atoms with E-state index in [1.807, 2.05) is 37.3 Å². The highest BCUT2D eigenvalue weighted by molar-refractivity contribution is 6.10. The molecule has 0 aromatic heterocycles. The molecule has 1 aliphatic carbocycles. The van der Waals surface area contributed by atoms with Crippen molar-refractivity contribution in [3.05, 3.63) is 71.3 Å². The molecule has 0 fully saturated rings. The van der Waals surface area contributed by atoms with Gasteiger partial charge in [-0.25, -0.2) is 0 Å². The Kier molecular flexibility index (Phi) is 3.84. The summed E-state index contributed by atoms with van der Waals surface area (Å²) in [6, 6.07) is 9.90. The minimum atomic E-state index is 0.158. The molecule has 1 aromatic rings. The molecular formula is C18H21N. The first-order chi connectivity index (χ1) is 9.00. The summed E-state index contributed by atoms with van der Waals surface area (Å²) >= 11 is 0. The van der Waals surface area contributed by atoms with Crippen molar-refractivity contribution in [2.75, 3.05) is 0 Å². The molecule has 1 aliphatic rings. The van der Waals surface area contributed by atoms with E-state index >= 15 is 0 Å². The molecule has 0 unspecified atom stereocenters. The number of benzene rings is 1. The van der Waals surface area contributed by atoms with E-state index in [0.29, 0.717) is 5.71 Å². The summed E-state index contributed by atoms with van der Waals surface area (Å²) in [4.78, 5) is 0. The van der Waals surface area contributed by atoms with Crippen molar-refractivity contribution >= 4 is 5.71 Å². The van der Waals surface area contributed by atoms with Crippen molar-refractivity contribution in [3.8, 4) is 0 Å². The number of hydrogen-bond donors (Lipinski definition) is 1. The minimum Gasteiger partial charge on any atom is -0.300 e. The van der Waals surface area contributed by atoms with Crippen LogP contribution in [0.25, 0.3) is 0 Å². The van der Waals surface area contributed by atoms with Crippen LogP contribution in [0, 0.1) is 10.8 Å². The van der Waals surface area contributed by atoms with Crippen LogP contribution in [0.4, 0.5) is 0 Å². The third kappa shape index (κ3) is 3.11. The van der Waals surface area contributed by atoms with Crippen LogP contribution in [0.3, 0.4) is 0 Å². The highest BCUT2D eigenvalue weighted by atomic mass is 14.4. The maximum Gasteiger partial charge on any atom is 0.0638 e. The first-order valence-corrected chi connectivity index (χ1v) is 6.71. The molecule has 1 N–H and O–H groups in total. The molecule has 98 valence electrons. The molecule has 0 amide bonds. The van der Waals surface area contributed by atoms with Gasteiger partial charge in [0.15, 0.2) is 0 Å². The smallest absolute Gasteiger partial charge is 0.0638 e. The molecule has 0 bridgehead atoms. The molecule has 0 heterocycles. The van der Waals surface area contributed by atoms with E-state index in [1.165, 1.54) is 5.57 Å². The van der Waals surface area contributed by atoms with E-state index in [4.69, 9.17) is 5.41 Å². The standard InChI is InChI=1S/C18H21N/c1-14(17(19)15-8-5-4-6-9-15)11-12-16-10-7-13-18(16,2)3/h4-11,13,19H,12H2,1-3H3/b14-11-,19-17?. The Balaban J connectivity index is 2.07. The zero-order valence-electron chi connectivity index (χ0n) is 11.9. The quantitative estimate of drug-likeness (QED) is 0.735. The molecule has 0 spiro atoms. The Labute approximate surface area is 115 Å². The lowest BCUT2D eigenvalue weighted by Gasteiger charge is -2.20. The van der Waals surface area contributed by atoms with E-state index < -0.39 is 0 Å². The lowest BCUT2D eigenvalue weighted by molar-refractivity contribution is 0.578. The molecule has 0 saturated heterocycles. The Bertz CT molecular complexity index is 557. The summed E-state index contributed by atoms with van der Waals surface area (Å²) in [6.07, 6.45) is 9.63. The van der Waals surface area contributed by atoms with E-state index in [2.05, 4.69) is 38.2 Å². The van der Waals surface area contributed by atoms with Crippen molar-refractivity contribution in [1.82, 2.24) is 0 Å². The van der Waals surface area contributed by atoms with E-state index in [0.717, 1.165) is 17.6 Å². The summed E-state index contributed by atoms with van der Waals surface area (Å²) in [5, 5.41) is 8.21. The number of rotatable bonds is 4. The van der Waals surface area contributed by atoms with Crippen molar-refractivity contribution in [3.63, 3.8) is 0 Å². The van der Waals surface area contributed by atoms with Crippen LogP contribution >= 0.6 is 0 Å². The molecule has 0 saturated carbocycles. The van der Waals surface area contributed by atoms with E-state index in [9.17, 15) is 0 Å². The molecule has 0 radical (unpaired) electrons. The van der Waals surface area contributed by atoms with Gasteiger partial charge in [-0.05, 0) is 24.5 Å². The number of allylic oxidation sites excluding steroid dienone is 6. The highest BCUT2D eigenvalue weighted by Gasteiger charge is 2.21. The number of hydrogen-bond acceptors (Lipinski definition) is 1. The maximum absolute atomic E-state index is 8.21. The second-order valence-corrected chi connectivity index (χ2v) is 5.60. The molecule has 1 nitrogen and oxygen atoms in total. The van der Waals surface area contributed by atoms with Crippen molar-refractivity contribution in [2.45, 2.75) is 27.2 Å². The average molecular weight is 251 g/mol. The summed E-state index contributed by atoms with van der Waals surface area (Å²) in [7, 11) is 0. The van der Waals surface area contributed by atoms with Gasteiger partial charge >= 0.3 is 0 Å². The SMILES string of the molecule is C/C(=C/CC1=CC=CC1(C)C)C(=N)c1ccccc1. The Morgan fingerprint density at radius 3 is 2.47 bits per heavy atom. The first kappa shape index (κ1) is 13.5. The predicted octanol–water partition coefficient (Wildman–Crippen LogP) is 4.91. The maximum atomic E-state index is 8.21. The second kappa shape index (κ2) is 5.40. The second-order valence-electron chi connectivity index (χ2n) is 5.60. The van der Waals surface area contributed by atoms with Crippen LogP contribution in [-0.4, -0.2) is 5.71 Å². The first-order valence-electron chi connectivity index (χ1n) is 6.71. The zero-order valence-corrected chi connectivity index (χ0v) is 11.9. The van der Waals surface area contributed by atoms with Crippen molar-refractivity contribution < 1.29 is 0 Å². The highest BCUT2D eigenvalue weighted by Crippen LogP contribution is 2.35. The third-order valence-electron chi connectivity index (χ3n) is 3.72. The molecule has 0 aliphatic heterocycles. The van der Waals surface area contributed by atoms with Crippen LogP contribution in [0.1, 0.15) is 32.8 Å². The Morgan fingerprint density at radius 2 is 1.89 bits per heavy atom. The predicted molar refractivity (Wildman–Crippen MR) is 82.6 cm³/mol. The molecular weight excluding hydrogens is 230 g/mol. The van der Waals surface area contributed by atoms with Gasteiger partial charge in [-0.15, -0.1) is 0 Å². The van der Waals surface area contributed by atoms with Crippen LogP contribution < -0.4 is 0 Å². The molecule has 0 atom stereocenters. The van der Waals surface area contributed by atoms with Gasteiger partial charge in [-0.1, -0.05) is 74.1 Å². The summed E-state index contributed by atoms with van der Waals surface area (Å²) in [5.41, 5.74) is 4.20. The third-order valence-corrected chi connectivity index (χ3v) is 3.72. The van der Waals surface area contributed by atoms with Gasteiger partial charge in [0.05, 0.1) is 5.71 Å². The van der Waals surface area contributed by atoms with Gasteiger partial charge in [-0.2, -0.15) is 0 Å². The minimum absolute atomic E-state index is 0.158. The number of nitrogens with one attached hydrogen (secondary N) is 1. The van der Waals surface area contributed by atoms with Crippen LogP contribution in [0.2, 0.25) is 0 Å². The lowest BCUT2D eigenvalue weighted by atomic mass is 9.85. The summed E-state index contributed by atoms with van der Waals surface area (Å²) < 4.78 is 0. The molecule has 2 rings (SSSR count). The van der Waals surface area contributed by atoms with Gasteiger partial charge < -0.3 is 5.41 Å². The summed E-state index contributed by atoms with van der Waals surface area (Å²) in [5.74, 6) is 0.